The number of fused-ring (bicyclic) bond motifs is 1. The number of nitrogens with zero attached hydrogens (tertiary/aromatic N) is 2. The van der Waals surface area contributed by atoms with Crippen LogP contribution in [0.3, 0.4) is 0 Å². The molecule has 0 spiro atoms. The third-order valence-electron chi connectivity index (χ3n) is 5.57. The van der Waals surface area contributed by atoms with E-state index in [1.807, 2.05) is 6.20 Å². The summed E-state index contributed by atoms with van der Waals surface area (Å²) in [4.78, 5) is 7.17. The third-order valence-corrected chi connectivity index (χ3v) is 6.04. The predicted octanol–water partition coefficient (Wildman–Crippen LogP) is 3.71. The van der Waals surface area contributed by atoms with Crippen LogP contribution in [0.15, 0.2) is 47.1 Å². The van der Waals surface area contributed by atoms with E-state index in [1.54, 1.807) is 12.1 Å². The number of hydrogen-bond acceptors (Lipinski definition) is 4. The number of pyridine rings is 1. The van der Waals surface area contributed by atoms with Gasteiger partial charge >= 0.3 is 0 Å². The standard InChI is InChI=1S/C20H23BrFN3O/c1-20(18-8-2-14(21)12-23-18)19-9-7-17(13-25(19)11-10-24-20)26-16-5-3-15(22)4-6-16/h2-6,8,12,17,19,24H,7,9-11,13H2,1H3. The van der Waals surface area contributed by atoms with Crippen molar-refractivity contribution in [3.8, 4) is 5.75 Å². The minimum Gasteiger partial charge on any atom is -0.489 e. The highest BCUT2D eigenvalue weighted by atomic mass is 79.9. The van der Waals surface area contributed by atoms with Crippen molar-refractivity contribution in [3.05, 3.63) is 58.6 Å². The predicted molar refractivity (Wildman–Crippen MR) is 103 cm³/mol. The van der Waals surface area contributed by atoms with Crippen molar-refractivity contribution >= 4 is 15.9 Å². The molecule has 2 fully saturated rings. The summed E-state index contributed by atoms with van der Waals surface area (Å²) in [6, 6.07) is 10.8. The number of ether oxygens (including phenoxy) is 1. The number of nitrogens with one attached hydrogen (secondary N) is 1. The summed E-state index contributed by atoms with van der Waals surface area (Å²) in [5, 5.41) is 3.70. The van der Waals surface area contributed by atoms with Crippen molar-refractivity contribution < 1.29 is 9.13 Å². The van der Waals surface area contributed by atoms with Crippen molar-refractivity contribution in [2.75, 3.05) is 19.6 Å². The molecule has 1 aromatic heterocycles. The van der Waals surface area contributed by atoms with Gasteiger partial charge in [-0.05, 0) is 72.1 Å². The summed E-state index contributed by atoms with van der Waals surface area (Å²) >= 11 is 3.47. The van der Waals surface area contributed by atoms with E-state index in [4.69, 9.17) is 4.74 Å². The molecule has 138 valence electrons. The van der Waals surface area contributed by atoms with Gasteiger partial charge in [0.1, 0.15) is 17.7 Å². The Labute approximate surface area is 161 Å². The van der Waals surface area contributed by atoms with Crippen LogP contribution in [0.4, 0.5) is 4.39 Å². The Bertz CT molecular complexity index is 755. The Morgan fingerprint density at radius 2 is 2.04 bits per heavy atom. The molecule has 0 amide bonds. The lowest BCUT2D eigenvalue weighted by Crippen LogP contribution is -2.66. The van der Waals surface area contributed by atoms with Gasteiger partial charge in [0.15, 0.2) is 0 Å². The van der Waals surface area contributed by atoms with Gasteiger partial charge < -0.3 is 10.1 Å². The molecule has 26 heavy (non-hydrogen) atoms. The molecule has 4 rings (SSSR count). The van der Waals surface area contributed by atoms with Crippen LogP contribution in [-0.4, -0.2) is 41.7 Å². The molecule has 2 saturated heterocycles. The smallest absolute Gasteiger partial charge is 0.123 e. The van der Waals surface area contributed by atoms with Crippen LogP contribution in [0.5, 0.6) is 5.75 Å². The highest BCUT2D eigenvalue weighted by Gasteiger charge is 2.45. The molecule has 2 aliphatic heterocycles. The summed E-state index contributed by atoms with van der Waals surface area (Å²) in [5.74, 6) is 0.503. The lowest BCUT2D eigenvalue weighted by molar-refractivity contribution is -0.0153. The van der Waals surface area contributed by atoms with Crippen LogP contribution < -0.4 is 10.1 Å². The minimum atomic E-state index is -0.235. The highest BCUT2D eigenvalue weighted by molar-refractivity contribution is 9.10. The number of benzene rings is 1. The maximum absolute atomic E-state index is 13.1. The van der Waals surface area contributed by atoms with Gasteiger partial charge in [-0.25, -0.2) is 4.39 Å². The lowest BCUT2D eigenvalue weighted by atomic mass is 9.79. The van der Waals surface area contributed by atoms with Crippen molar-refractivity contribution in [2.24, 2.45) is 0 Å². The third kappa shape index (κ3) is 3.50. The van der Waals surface area contributed by atoms with Gasteiger partial charge in [0.25, 0.3) is 0 Å². The molecule has 3 atom stereocenters. The van der Waals surface area contributed by atoms with Crippen LogP contribution in [0.2, 0.25) is 0 Å². The molecule has 3 unspecified atom stereocenters. The first kappa shape index (κ1) is 17.9. The second-order valence-corrected chi connectivity index (χ2v) is 8.19. The molecular formula is C20H23BrFN3O. The average Bonchev–Trinajstić information content (AvgIpc) is 2.64. The fourth-order valence-electron chi connectivity index (χ4n) is 4.23. The molecule has 6 heteroatoms. The Hall–Kier alpha value is -1.50. The van der Waals surface area contributed by atoms with E-state index in [1.165, 1.54) is 12.1 Å². The van der Waals surface area contributed by atoms with Gasteiger partial charge in [-0.2, -0.15) is 0 Å². The number of hydrogen-bond donors (Lipinski definition) is 1. The van der Waals surface area contributed by atoms with E-state index in [9.17, 15) is 4.39 Å². The molecular weight excluding hydrogens is 397 g/mol. The normalized spacial score (nSPS) is 29.2. The zero-order chi connectivity index (χ0) is 18.1. The summed E-state index contributed by atoms with van der Waals surface area (Å²) in [7, 11) is 0. The van der Waals surface area contributed by atoms with Gasteiger partial charge in [0.05, 0.1) is 11.2 Å². The number of piperidine rings is 1. The zero-order valence-electron chi connectivity index (χ0n) is 14.8. The van der Waals surface area contributed by atoms with E-state index in [0.717, 1.165) is 48.4 Å². The molecule has 3 heterocycles. The van der Waals surface area contributed by atoms with E-state index in [-0.39, 0.29) is 17.5 Å². The number of piperazine rings is 1. The molecule has 1 aromatic carbocycles. The Morgan fingerprint density at radius 3 is 2.77 bits per heavy atom. The minimum absolute atomic E-state index is 0.136. The van der Waals surface area contributed by atoms with E-state index in [0.29, 0.717) is 6.04 Å². The number of halogens is 2. The van der Waals surface area contributed by atoms with Gasteiger partial charge in [-0.3, -0.25) is 9.88 Å². The summed E-state index contributed by atoms with van der Waals surface area (Å²) in [6.07, 6.45) is 4.01. The molecule has 2 aliphatic rings. The van der Waals surface area contributed by atoms with Crippen molar-refractivity contribution in [1.82, 2.24) is 15.2 Å². The molecule has 1 N–H and O–H groups in total. The van der Waals surface area contributed by atoms with Crippen LogP contribution in [0, 0.1) is 5.82 Å². The quantitative estimate of drug-likeness (QED) is 0.822. The first-order valence-corrected chi connectivity index (χ1v) is 9.87. The first-order chi connectivity index (χ1) is 12.5. The fraction of sp³-hybridized carbons (Fsp3) is 0.450. The monoisotopic (exact) mass is 419 g/mol. The average molecular weight is 420 g/mol. The Balaban J connectivity index is 1.48. The molecule has 0 bridgehead atoms. The maximum atomic E-state index is 13.1. The summed E-state index contributed by atoms with van der Waals surface area (Å²) in [5.41, 5.74) is 0.910. The summed E-state index contributed by atoms with van der Waals surface area (Å²) in [6.45, 7) is 5.06. The van der Waals surface area contributed by atoms with E-state index < -0.39 is 0 Å². The van der Waals surface area contributed by atoms with Crippen molar-refractivity contribution in [2.45, 2.75) is 37.5 Å². The Morgan fingerprint density at radius 1 is 1.23 bits per heavy atom. The maximum Gasteiger partial charge on any atom is 0.123 e. The number of aromatic nitrogens is 1. The molecule has 0 radical (unpaired) electrons. The van der Waals surface area contributed by atoms with Gasteiger partial charge in [0, 0.05) is 36.3 Å². The van der Waals surface area contributed by atoms with Crippen LogP contribution in [-0.2, 0) is 5.54 Å². The fourth-order valence-corrected chi connectivity index (χ4v) is 4.46. The second-order valence-electron chi connectivity index (χ2n) is 7.27. The molecule has 2 aromatic rings. The second kappa shape index (κ2) is 7.25. The molecule has 0 aliphatic carbocycles. The molecule has 0 saturated carbocycles. The van der Waals surface area contributed by atoms with Crippen LogP contribution >= 0.6 is 15.9 Å². The number of rotatable bonds is 3. The van der Waals surface area contributed by atoms with Crippen molar-refractivity contribution in [3.63, 3.8) is 0 Å². The SMILES string of the molecule is CC1(c2ccc(Br)cn2)NCCN2CC(Oc3ccc(F)cc3)CCC21. The van der Waals surface area contributed by atoms with Gasteiger partial charge in [-0.1, -0.05) is 0 Å². The molecule has 4 nitrogen and oxygen atoms in total. The van der Waals surface area contributed by atoms with Gasteiger partial charge in [-0.15, -0.1) is 0 Å². The zero-order valence-corrected chi connectivity index (χ0v) is 16.4. The van der Waals surface area contributed by atoms with Gasteiger partial charge in [0.2, 0.25) is 0 Å². The van der Waals surface area contributed by atoms with Crippen LogP contribution in [0.25, 0.3) is 0 Å². The van der Waals surface area contributed by atoms with E-state index in [2.05, 4.69) is 50.2 Å². The Kier molecular flexibility index (Phi) is 4.99. The first-order valence-electron chi connectivity index (χ1n) is 9.08. The van der Waals surface area contributed by atoms with Crippen molar-refractivity contribution in [1.29, 1.82) is 0 Å². The van der Waals surface area contributed by atoms with E-state index >= 15 is 0 Å². The largest absolute Gasteiger partial charge is 0.489 e. The lowest BCUT2D eigenvalue weighted by Gasteiger charge is -2.52. The summed E-state index contributed by atoms with van der Waals surface area (Å²) < 4.78 is 20.2. The van der Waals surface area contributed by atoms with Crippen LogP contribution in [0.1, 0.15) is 25.5 Å². The highest BCUT2D eigenvalue weighted by Crippen LogP contribution is 2.36. The topological polar surface area (TPSA) is 37.4 Å².